The highest BCUT2D eigenvalue weighted by Crippen LogP contribution is 2.25. The van der Waals surface area contributed by atoms with Crippen LogP contribution >= 0.6 is 15.9 Å². The molecule has 0 aliphatic rings. The molecule has 0 bridgehead atoms. The lowest BCUT2D eigenvalue weighted by Gasteiger charge is -2.25. The second-order valence-corrected chi connectivity index (χ2v) is 4.55. The third-order valence-corrected chi connectivity index (χ3v) is 3.07. The molecule has 0 aromatic heterocycles. The monoisotopic (exact) mass is 286 g/mol. The van der Waals surface area contributed by atoms with Crippen molar-refractivity contribution in [1.82, 2.24) is 0 Å². The lowest BCUT2D eigenvalue weighted by Crippen LogP contribution is -2.26. The molecule has 0 radical (unpaired) electrons. The third-order valence-electron chi connectivity index (χ3n) is 2.58. The Bertz CT molecular complexity index is 331. The SMILES string of the molecule is CCN(CCCO)c1cc(Br)ccc1CN. The van der Waals surface area contributed by atoms with Crippen LogP contribution in [0.25, 0.3) is 0 Å². The van der Waals surface area contributed by atoms with Crippen LogP contribution < -0.4 is 10.6 Å². The van der Waals surface area contributed by atoms with Crippen LogP contribution in [0.5, 0.6) is 0 Å². The van der Waals surface area contributed by atoms with E-state index in [1.54, 1.807) is 0 Å². The Morgan fingerprint density at radius 2 is 2.19 bits per heavy atom. The second kappa shape index (κ2) is 6.89. The second-order valence-electron chi connectivity index (χ2n) is 3.63. The molecule has 1 aromatic carbocycles. The summed E-state index contributed by atoms with van der Waals surface area (Å²) in [6.07, 6.45) is 0.782. The van der Waals surface area contributed by atoms with Gasteiger partial charge in [-0.25, -0.2) is 0 Å². The van der Waals surface area contributed by atoms with E-state index < -0.39 is 0 Å². The molecule has 0 amide bonds. The first-order valence-corrected chi connectivity index (χ1v) is 6.36. The van der Waals surface area contributed by atoms with E-state index in [-0.39, 0.29) is 6.61 Å². The highest BCUT2D eigenvalue weighted by molar-refractivity contribution is 9.10. The lowest BCUT2D eigenvalue weighted by molar-refractivity contribution is 0.289. The fraction of sp³-hybridized carbons (Fsp3) is 0.500. The summed E-state index contributed by atoms with van der Waals surface area (Å²) in [6, 6.07) is 6.13. The average molecular weight is 287 g/mol. The van der Waals surface area contributed by atoms with Gasteiger partial charge in [0.1, 0.15) is 0 Å². The van der Waals surface area contributed by atoms with Gasteiger partial charge in [-0.3, -0.25) is 0 Å². The molecule has 90 valence electrons. The zero-order valence-electron chi connectivity index (χ0n) is 9.62. The number of aliphatic hydroxyl groups excluding tert-OH is 1. The molecule has 0 saturated carbocycles. The molecule has 3 nitrogen and oxygen atoms in total. The van der Waals surface area contributed by atoms with Crippen molar-refractivity contribution in [3.8, 4) is 0 Å². The van der Waals surface area contributed by atoms with Gasteiger partial charge in [0.15, 0.2) is 0 Å². The minimum absolute atomic E-state index is 0.225. The number of anilines is 1. The van der Waals surface area contributed by atoms with Gasteiger partial charge in [0, 0.05) is 36.4 Å². The number of nitrogens with zero attached hydrogens (tertiary/aromatic N) is 1. The summed E-state index contributed by atoms with van der Waals surface area (Å²) in [6.45, 7) is 4.65. The molecule has 0 unspecified atom stereocenters. The molecule has 1 rings (SSSR count). The van der Waals surface area contributed by atoms with Gasteiger partial charge in [-0.2, -0.15) is 0 Å². The van der Waals surface area contributed by atoms with Gasteiger partial charge in [0.2, 0.25) is 0 Å². The minimum Gasteiger partial charge on any atom is -0.396 e. The highest BCUT2D eigenvalue weighted by Gasteiger charge is 2.09. The molecule has 0 heterocycles. The molecule has 0 spiro atoms. The Hall–Kier alpha value is -0.580. The van der Waals surface area contributed by atoms with Crippen LogP contribution in [-0.2, 0) is 6.54 Å². The maximum atomic E-state index is 8.88. The van der Waals surface area contributed by atoms with E-state index in [4.69, 9.17) is 10.8 Å². The summed E-state index contributed by atoms with van der Waals surface area (Å²) in [5.74, 6) is 0. The van der Waals surface area contributed by atoms with Crippen LogP contribution in [0, 0.1) is 0 Å². The lowest BCUT2D eigenvalue weighted by atomic mass is 10.1. The molecule has 3 N–H and O–H groups in total. The highest BCUT2D eigenvalue weighted by atomic mass is 79.9. The Kier molecular flexibility index (Phi) is 5.80. The topological polar surface area (TPSA) is 49.5 Å². The Labute approximate surface area is 105 Å². The third kappa shape index (κ3) is 3.47. The van der Waals surface area contributed by atoms with E-state index in [9.17, 15) is 0 Å². The first kappa shape index (κ1) is 13.5. The number of rotatable bonds is 6. The van der Waals surface area contributed by atoms with Crippen LogP contribution in [0.1, 0.15) is 18.9 Å². The number of hydrogen-bond donors (Lipinski definition) is 2. The standard InChI is InChI=1S/C12H19BrN2O/c1-2-15(6-3-7-16)12-8-11(13)5-4-10(12)9-14/h4-5,8,16H,2-3,6-7,9,14H2,1H3. The molecule has 0 aliphatic heterocycles. The van der Waals surface area contributed by atoms with Crippen molar-refractivity contribution < 1.29 is 5.11 Å². The van der Waals surface area contributed by atoms with Crippen LogP contribution in [0.15, 0.2) is 22.7 Å². The molecule has 4 heteroatoms. The normalized spacial score (nSPS) is 10.5. The molecule has 0 fully saturated rings. The fourth-order valence-electron chi connectivity index (χ4n) is 1.71. The van der Waals surface area contributed by atoms with Crippen molar-refractivity contribution in [2.75, 3.05) is 24.6 Å². The van der Waals surface area contributed by atoms with Crippen LogP contribution in [0.3, 0.4) is 0 Å². The predicted molar refractivity (Wildman–Crippen MR) is 71.6 cm³/mol. The Morgan fingerprint density at radius 1 is 1.44 bits per heavy atom. The number of nitrogens with two attached hydrogens (primary N) is 1. The number of hydrogen-bond acceptors (Lipinski definition) is 3. The van der Waals surface area contributed by atoms with Crippen molar-refractivity contribution in [2.24, 2.45) is 5.73 Å². The van der Waals surface area contributed by atoms with Crippen molar-refractivity contribution in [3.05, 3.63) is 28.2 Å². The van der Waals surface area contributed by atoms with Crippen LogP contribution in [0.2, 0.25) is 0 Å². The molecular weight excluding hydrogens is 268 g/mol. The van der Waals surface area contributed by atoms with E-state index in [1.807, 2.05) is 12.1 Å². The van der Waals surface area contributed by atoms with Gasteiger partial charge >= 0.3 is 0 Å². The fourth-order valence-corrected chi connectivity index (χ4v) is 2.06. The predicted octanol–water partition coefficient (Wildman–Crippen LogP) is 2.12. The summed E-state index contributed by atoms with van der Waals surface area (Å²) in [7, 11) is 0. The zero-order valence-corrected chi connectivity index (χ0v) is 11.2. The number of halogens is 1. The molecule has 0 aliphatic carbocycles. The quantitative estimate of drug-likeness (QED) is 0.842. The van der Waals surface area contributed by atoms with E-state index in [0.29, 0.717) is 6.54 Å². The van der Waals surface area contributed by atoms with Crippen molar-refractivity contribution in [1.29, 1.82) is 0 Å². The first-order chi connectivity index (χ1) is 7.72. The smallest absolute Gasteiger partial charge is 0.0447 e. The summed E-state index contributed by atoms with van der Waals surface area (Å²) < 4.78 is 1.06. The van der Waals surface area contributed by atoms with Gasteiger partial charge in [-0.1, -0.05) is 22.0 Å². The first-order valence-electron chi connectivity index (χ1n) is 5.57. The van der Waals surface area contributed by atoms with E-state index in [0.717, 1.165) is 35.2 Å². The summed E-state index contributed by atoms with van der Waals surface area (Å²) in [4.78, 5) is 2.24. The van der Waals surface area contributed by atoms with Crippen molar-refractivity contribution >= 4 is 21.6 Å². The number of aliphatic hydroxyl groups is 1. The summed E-state index contributed by atoms with van der Waals surface area (Å²) >= 11 is 3.47. The van der Waals surface area contributed by atoms with Gasteiger partial charge in [0.25, 0.3) is 0 Å². The number of benzene rings is 1. The van der Waals surface area contributed by atoms with Gasteiger partial charge in [0.05, 0.1) is 0 Å². The van der Waals surface area contributed by atoms with E-state index >= 15 is 0 Å². The molecule has 0 saturated heterocycles. The summed E-state index contributed by atoms with van der Waals surface area (Å²) in [5, 5.41) is 8.88. The average Bonchev–Trinajstić information content (AvgIpc) is 2.30. The molecule has 16 heavy (non-hydrogen) atoms. The van der Waals surface area contributed by atoms with Crippen LogP contribution in [-0.4, -0.2) is 24.8 Å². The van der Waals surface area contributed by atoms with Gasteiger partial charge in [-0.05, 0) is 31.0 Å². The molecular formula is C12H19BrN2O. The zero-order chi connectivity index (χ0) is 12.0. The van der Waals surface area contributed by atoms with Crippen molar-refractivity contribution in [2.45, 2.75) is 19.9 Å². The molecule has 1 aromatic rings. The maximum absolute atomic E-state index is 8.88. The minimum atomic E-state index is 0.225. The Morgan fingerprint density at radius 3 is 2.75 bits per heavy atom. The maximum Gasteiger partial charge on any atom is 0.0447 e. The van der Waals surface area contributed by atoms with Crippen LogP contribution in [0.4, 0.5) is 5.69 Å². The Balaban J connectivity index is 2.92. The van der Waals surface area contributed by atoms with E-state index in [2.05, 4.69) is 33.8 Å². The largest absolute Gasteiger partial charge is 0.396 e. The van der Waals surface area contributed by atoms with Gasteiger partial charge in [-0.15, -0.1) is 0 Å². The van der Waals surface area contributed by atoms with Crippen molar-refractivity contribution in [3.63, 3.8) is 0 Å². The summed E-state index contributed by atoms with van der Waals surface area (Å²) in [5.41, 5.74) is 8.03. The molecule has 0 atom stereocenters. The van der Waals surface area contributed by atoms with Gasteiger partial charge < -0.3 is 15.7 Å². The van der Waals surface area contributed by atoms with E-state index in [1.165, 1.54) is 0 Å².